The molecule has 2 aromatic heterocycles. The molecule has 21 heavy (non-hydrogen) atoms. The van der Waals surface area contributed by atoms with E-state index in [1.165, 1.54) is 12.0 Å². The van der Waals surface area contributed by atoms with E-state index in [-0.39, 0.29) is 17.5 Å². The van der Waals surface area contributed by atoms with E-state index in [9.17, 15) is 4.79 Å². The lowest BCUT2D eigenvalue weighted by molar-refractivity contribution is -0.147. The fourth-order valence-corrected chi connectivity index (χ4v) is 3.57. The zero-order valence-electron chi connectivity index (χ0n) is 12.0. The molecule has 4 rings (SSSR count). The van der Waals surface area contributed by atoms with E-state index < -0.39 is 0 Å². The maximum absolute atomic E-state index is 12.9. The highest BCUT2D eigenvalue weighted by Gasteiger charge is 2.51. The van der Waals surface area contributed by atoms with E-state index in [4.69, 9.17) is 0 Å². The number of carbonyl (C=O) groups is 1. The molecule has 0 radical (unpaired) electrons. The number of fused-ring (bicyclic) bond motifs is 2. The van der Waals surface area contributed by atoms with Gasteiger partial charge in [-0.2, -0.15) is 5.10 Å². The first-order chi connectivity index (χ1) is 10.2. The molecular formula is C14H18N6O. The van der Waals surface area contributed by atoms with Crippen molar-refractivity contribution in [2.45, 2.75) is 44.2 Å². The Morgan fingerprint density at radius 1 is 1.48 bits per heavy atom. The number of H-pyrrole nitrogens is 1. The smallest absolute Gasteiger partial charge is 0.248 e. The summed E-state index contributed by atoms with van der Waals surface area (Å²) in [5.41, 5.74) is 2.06. The molecule has 1 N–H and O–H groups in total. The fraction of sp³-hybridized carbons (Fsp3) is 0.571. The van der Waals surface area contributed by atoms with Gasteiger partial charge in [-0.3, -0.25) is 4.79 Å². The number of hydrogen-bond acceptors (Lipinski definition) is 4. The minimum Gasteiger partial charge on any atom is -0.348 e. The molecule has 1 saturated carbocycles. The molecule has 1 aliphatic carbocycles. The van der Waals surface area contributed by atoms with Crippen molar-refractivity contribution in [1.29, 1.82) is 0 Å². The molecule has 1 fully saturated rings. The SMILES string of the molecule is CC(C(=O)N1CCc2[nH]cnc2C12CCC2)n1cncn1. The number of amides is 1. The minimum atomic E-state index is -0.328. The summed E-state index contributed by atoms with van der Waals surface area (Å²) in [7, 11) is 0. The van der Waals surface area contributed by atoms with Gasteiger partial charge in [0.15, 0.2) is 0 Å². The normalized spacial score (nSPS) is 20.9. The van der Waals surface area contributed by atoms with Gasteiger partial charge in [0.05, 0.1) is 17.6 Å². The van der Waals surface area contributed by atoms with Crippen LogP contribution in [0.4, 0.5) is 0 Å². The van der Waals surface area contributed by atoms with Crippen molar-refractivity contribution in [3.05, 3.63) is 30.4 Å². The van der Waals surface area contributed by atoms with Gasteiger partial charge in [0.25, 0.3) is 0 Å². The summed E-state index contributed by atoms with van der Waals surface area (Å²) in [6.45, 7) is 2.62. The minimum absolute atomic E-state index is 0.105. The topological polar surface area (TPSA) is 79.7 Å². The molecule has 0 aromatic carbocycles. The van der Waals surface area contributed by atoms with Crippen LogP contribution in [0.15, 0.2) is 19.0 Å². The first kappa shape index (κ1) is 12.6. The molecule has 3 heterocycles. The van der Waals surface area contributed by atoms with Crippen LogP contribution in [0.3, 0.4) is 0 Å². The third-order valence-corrected chi connectivity index (χ3v) is 4.90. The maximum atomic E-state index is 12.9. The molecule has 1 spiro atoms. The summed E-state index contributed by atoms with van der Waals surface area (Å²) >= 11 is 0. The van der Waals surface area contributed by atoms with E-state index in [1.54, 1.807) is 17.3 Å². The van der Waals surface area contributed by atoms with Crippen LogP contribution in [0.25, 0.3) is 0 Å². The van der Waals surface area contributed by atoms with Gasteiger partial charge in [0.1, 0.15) is 18.7 Å². The molecule has 1 aliphatic heterocycles. The molecule has 0 saturated heterocycles. The molecule has 2 aliphatic rings. The van der Waals surface area contributed by atoms with Crippen LogP contribution in [0.5, 0.6) is 0 Å². The van der Waals surface area contributed by atoms with E-state index in [1.807, 2.05) is 11.8 Å². The number of aromatic nitrogens is 5. The molecular weight excluding hydrogens is 268 g/mol. The number of carbonyl (C=O) groups excluding carboxylic acids is 1. The predicted molar refractivity (Wildman–Crippen MR) is 74.3 cm³/mol. The summed E-state index contributed by atoms with van der Waals surface area (Å²) in [5.74, 6) is 0.105. The highest BCUT2D eigenvalue weighted by Crippen LogP contribution is 2.49. The van der Waals surface area contributed by atoms with Gasteiger partial charge >= 0.3 is 0 Å². The van der Waals surface area contributed by atoms with Gasteiger partial charge in [-0.1, -0.05) is 0 Å². The standard InChI is InChI=1S/C14H18N6O/c1-10(20-9-15-7-18-20)13(21)19-6-3-11-12(17-8-16-11)14(19)4-2-5-14/h7-10H,2-6H2,1H3,(H,16,17). The molecule has 1 atom stereocenters. The lowest BCUT2D eigenvalue weighted by Gasteiger charge is -2.52. The van der Waals surface area contributed by atoms with Crippen LogP contribution in [-0.2, 0) is 16.8 Å². The van der Waals surface area contributed by atoms with Crippen LogP contribution in [0.1, 0.15) is 43.6 Å². The summed E-state index contributed by atoms with van der Waals surface area (Å²) in [6.07, 6.45) is 8.80. The number of imidazole rings is 1. The lowest BCUT2D eigenvalue weighted by Crippen LogP contribution is -2.58. The van der Waals surface area contributed by atoms with Crippen LogP contribution < -0.4 is 0 Å². The number of hydrogen-bond donors (Lipinski definition) is 1. The lowest BCUT2D eigenvalue weighted by atomic mass is 9.70. The molecule has 1 unspecified atom stereocenters. The molecule has 0 bridgehead atoms. The number of nitrogens with zero attached hydrogens (tertiary/aromatic N) is 5. The fourth-order valence-electron chi connectivity index (χ4n) is 3.57. The monoisotopic (exact) mass is 286 g/mol. The number of rotatable bonds is 2. The molecule has 7 nitrogen and oxygen atoms in total. The van der Waals surface area contributed by atoms with Gasteiger partial charge in [0.2, 0.25) is 5.91 Å². The van der Waals surface area contributed by atoms with Crippen molar-refractivity contribution in [1.82, 2.24) is 29.6 Å². The second-order valence-corrected chi connectivity index (χ2v) is 5.91. The van der Waals surface area contributed by atoms with Crippen molar-refractivity contribution in [2.75, 3.05) is 6.54 Å². The Balaban J connectivity index is 1.68. The Morgan fingerprint density at radius 2 is 2.33 bits per heavy atom. The zero-order chi connectivity index (χ0) is 14.4. The third kappa shape index (κ3) is 1.66. The second-order valence-electron chi connectivity index (χ2n) is 5.91. The second kappa shape index (κ2) is 4.41. The first-order valence-electron chi connectivity index (χ1n) is 7.41. The van der Waals surface area contributed by atoms with Gasteiger partial charge in [-0.05, 0) is 26.2 Å². The summed E-state index contributed by atoms with van der Waals surface area (Å²) in [6, 6.07) is -0.328. The van der Waals surface area contributed by atoms with Gasteiger partial charge in [-0.25, -0.2) is 14.6 Å². The predicted octanol–water partition coefficient (Wildman–Crippen LogP) is 1.03. The largest absolute Gasteiger partial charge is 0.348 e. The Labute approximate surface area is 122 Å². The van der Waals surface area contributed by atoms with E-state index in [0.717, 1.165) is 37.9 Å². The highest BCUT2D eigenvalue weighted by atomic mass is 16.2. The van der Waals surface area contributed by atoms with Crippen LogP contribution in [0, 0.1) is 0 Å². The number of nitrogens with one attached hydrogen (secondary N) is 1. The Morgan fingerprint density at radius 3 is 3.00 bits per heavy atom. The summed E-state index contributed by atoms with van der Waals surface area (Å²) in [5, 5.41) is 4.09. The highest BCUT2D eigenvalue weighted by molar-refractivity contribution is 5.81. The Bertz CT molecular complexity index is 657. The summed E-state index contributed by atoms with van der Waals surface area (Å²) in [4.78, 5) is 26.6. The molecule has 110 valence electrons. The number of aromatic amines is 1. The zero-order valence-corrected chi connectivity index (χ0v) is 12.0. The van der Waals surface area contributed by atoms with Crippen molar-refractivity contribution in [2.24, 2.45) is 0 Å². The van der Waals surface area contributed by atoms with Gasteiger partial charge in [0, 0.05) is 18.7 Å². The van der Waals surface area contributed by atoms with E-state index in [0.29, 0.717) is 0 Å². The van der Waals surface area contributed by atoms with E-state index >= 15 is 0 Å². The average molecular weight is 286 g/mol. The van der Waals surface area contributed by atoms with Crippen LogP contribution in [-0.4, -0.2) is 42.1 Å². The Hall–Kier alpha value is -2.18. The maximum Gasteiger partial charge on any atom is 0.248 e. The van der Waals surface area contributed by atoms with E-state index in [2.05, 4.69) is 20.1 Å². The van der Waals surface area contributed by atoms with Crippen LogP contribution >= 0.6 is 0 Å². The van der Waals surface area contributed by atoms with Crippen molar-refractivity contribution in [3.8, 4) is 0 Å². The van der Waals surface area contributed by atoms with Gasteiger partial charge < -0.3 is 9.88 Å². The first-order valence-corrected chi connectivity index (χ1v) is 7.41. The van der Waals surface area contributed by atoms with Crippen molar-refractivity contribution in [3.63, 3.8) is 0 Å². The average Bonchev–Trinajstić information content (AvgIpc) is 3.13. The molecule has 7 heteroatoms. The van der Waals surface area contributed by atoms with Crippen molar-refractivity contribution >= 4 is 5.91 Å². The molecule has 1 amide bonds. The third-order valence-electron chi connectivity index (χ3n) is 4.90. The quantitative estimate of drug-likeness (QED) is 0.894. The van der Waals surface area contributed by atoms with Crippen molar-refractivity contribution < 1.29 is 4.79 Å². The molecule has 2 aromatic rings. The van der Waals surface area contributed by atoms with Gasteiger partial charge in [-0.15, -0.1) is 0 Å². The Kier molecular flexibility index (Phi) is 2.63. The van der Waals surface area contributed by atoms with Crippen LogP contribution in [0.2, 0.25) is 0 Å². The summed E-state index contributed by atoms with van der Waals surface area (Å²) < 4.78 is 1.62.